The van der Waals surface area contributed by atoms with Gasteiger partial charge in [0, 0.05) is 4.88 Å². The number of aromatic amines is 1. The molecule has 1 aliphatic rings. The number of benzene rings is 1. The molecule has 0 fully saturated rings. The van der Waals surface area contributed by atoms with Crippen LogP contribution in [0.2, 0.25) is 0 Å². The number of thiophene rings is 1. The zero-order valence-corrected chi connectivity index (χ0v) is 19.3. The molecule has 1 N–H and O–H groups in total. The number of Topliss-reactive ketones (excluding diaryl/α,β-unsaturated/α-hetero) is 1. The van der Waals surface area contributed by atoms with Crippen molar-refractivity contribution in [2.75, 3.05) is 0 Å². The highest BCUT2D eigenvalue weighted by Crippen LogP contribution is 2.34. The first-order valence-corrected chi connectivity index (χ1v) is 11.7. The number of halogens is 3. The Morgan fingerprint density at radius 1 is 1.29 bits per heavy atom. The van der Waals surface area contributed by atoms with Gasteiger partial charge in [0.15, 0.2) is 11.7 Å². The minimum absolute atomic E-state index is 0.0557. The molecule has 7 nitrogen and oxygen atoms in total. The molecule has 0 saturated carbocycles. The highest BCUT2D eigenvalue weighted by atomic mass is 32.1. The van der Waals surface area contributed by atoms with Crippen LogP contribution in [-0.4, -0.2) is 25.5 Å². The molecule has 178 valence electrons. The molecule has 0 radical (unpaired) electrons. The van der Waals surface area contributed by atoms with Gasteiger partial charge in [-0.25, -0.2) is 9.67 Å². The quantitative estimate of drug-likeness (QED) is 0.405. The van der Waals surface area contributed by atoms with E-state index in [9.17, 15) is 28.0 Å². The lowest BCUT2D eigenvalue weighted by Gasteiger charge is -2.11. The third kappa shape index (κ3) is 3.93. The predicted octanol–water partition coefficient (Wildman–Crippen LogP) is 4.87. The number of nitrogens with zero attached hydrogens (tertiary/aromatic N) is 4. The summed E-state index contributed by atoms with van der Waals surface area (Å²) in [6.45, 7) is 1.53. The molecular weight excluding hydrogens is 479 g/mol. The van der Waals surface area contributed by atoms with E-state index in [1.54, 1.807) is 0 Å². The van der Waals surface area contributed by atoms with Crippen LogP contribution in [0.3, 0.4) is 0 Å². The maximum absolute atomic E-state index is 13.3. The summed E-state index contributed by atoms with van der Waals surface area (Å²) < 4.78 is 40.6. The predicted molar refractivity (Wildman–Crippen MR) is 123 cm³/mol. The lowest BCUT2D eigenvalue weighted by molar-refractivity contribution is -0.137. The molecule has 5 rings (SSSR count). The van der Waals surface area contributed by atoms with Crippen LogP contribution < -0.4 is 5.56 Å². The van der Waals surface area contributed by atoms with Crippen LogP contribution in [-0.2, 0) is 19.0 Å². The largest absolute Gasteiger partial charge is 0.416 e. The minimum Gasteiger partial charge on any atom is -0.308 e. The Kier molecular flexibility index (Phi) is 5.56. The summed E-state index contributed by atoms with van der Waals surface area (Å²) in [6, 6.07) is 6.48. The highest BCUT2D eigenvalue weighted by Gasteiger charge is 2.32. The molecule has 0 saturated heterocycles. The number of aryl methyl sites for hydroxylation is 2. The smallest absolute Gasteiger partial charge is 0.308 e. The number of alkyl halides is 3. The third-order valence-electron chi connectivity index (χ3n) is 6.20. The topological polar surface area (TPSA) is 104 Å². The number of nitriles is 1. The van der Waals surface area contributed by atoms with Gasteiger partial charge in [-0.3, -0.25) is 9.59 Å². The second-order valence-electron chi connectivity index (χ2n) is 8.37. The monoisotopic (exact) mass is 497 g/mol. The lowest BCUT2D eigenvalue weighted by Crippen LogP contribution is -2.20. The standard InChI is InChI=1S/C24H18F3N5O2S/c1-12-17(11-29-32(12)14-6-4-5-13(9-14)24(25,26)27)20(33)16(10-28)21-30-22(34)19-15-7-2-3-8-18(15)35-23(19)31-21/h4-6,9,11,16H,2-3,7-8H2,1H3,(H,30,31,34). The number of H-pyrrole nitrogens is 1. The van der Waals surface area contributed by atoms with E-state index in [1.807, 2.05) is 6.07 Å². The first-order chi connectivity index (χ1) is 16.7. The van der Waals surface area contributed by atoms with Crippen molar-refractivity contribution in [1.29, 1.82) is 5.26 Å². The van der Waals surface area contributed by atoms with Gasteiger partial charge < -0.3 is 4.98 Å². The SMILES string of the molecule is Cc1c(C(=O)C(C#N)c2nc3sc4c(c3c(=O)[nH]2)CCCC4)cnn1-c1cccc(C(F)(F)F)c1. The van der Waals surface area contributed by atoms with Gasteiger partial charge in [0.1, 0.15) is 10.7 Å². The summed E-state index contributed by atoms with van der Waals surface area (Å²) in [5.41, 5.74) is 0.221. The Balaban J connectivity index is 1.52. The van der Waals surface area contributed by atoms with E-state index >= 15 is 0 Å². The van der Waals surface area contributed by atoms with Gasteiger partial charge in [0.2, 0.25) is 0 Å². The number of fused-ring (bicyclic) bond motifs is 3. The Hall–Kier alpha value is -3.78. The van der Waals surface area contributed by atoms with Crippen LogP contribution in [0.4, 0.5) is 13.2 Å². The molecule has 11 heteroatoms. The molecule has 3 heterocycles. The second kappa shape index (κ2) is 8.46. The summed E-state index contributed by atoms with van der Waals surface area (Å²) in [6.07, 6.45) is 0.392. The van der Waals surface area contributed by atoms with Gasteiger partial charge in [0.25, 0.3) is 5.56 Å². The molecule has 1 aliphatic carbocycles. The number of carbonyl (C=O) groups is 1. The minimum atomic E-state index is -4.53. The average Bonchev–Trinajstić information content (AvgIpc) is 3.39. The fourth-order valence-corrected chi connectivity index (χ4v) is 5.71. The van der Waals surface area contributed by atoms with Gasteiger partial charge in [0.05, 0.1) is 40.2 Å². The normalized spacial score (nSPS) is 14.5. The summed E-state index contributed by atoms with van der Waals surface area (Å²) >= 11 is 1.41. The molecule has 1 aromatic carbocycles. The Labute approximate surface area is 200 Å². The number of aromatic nitrogens is 4. The van der Waals surface area contributed by atoms with E-state index in [1.165, 1.54) is 41.3 Å². The molecule has 0 bridgehead atoms. The maximum atomic E-state index is 13.3. The van der Waals surface area contributed by atoms with E-state index in [2.05, 4.69) is 15.1 Å². The Bertz CT molecular complexity index is 1570. The van der Waals surface area contributed by atoms with Crippen molar-refractivity contribution in [2.24, 2.45) is 0 Å². The first kappa shape index (κ1) is 23.0. The van der Waals surface area contributed by atoms with Crippen molar-refractivity contribution in [3.8, 4) is 11.8 Å². The summed E-state index contributed by atoms with van der Waals surface area (Å²) in [4.78, 5) is 34.8. The molecule has 0 spiro atoms. The lowest BCUT2D eigenvalue weighted by atomic mass is 9.96. The summed E-state index contributed by atoms with van der Waals surface area (Å²) in [7, 11) is 0. The summed E-state index contributed by atoms with van der Waals surface area (Å²) in [5.74, 6) is -2.10. The maximum Gasteiger partial charge on any atom is 0.416 e. The van der Waals surface area contributed by atoms with Gasteiger partial charge in [-0.05, 0) is 56.4 Å². The zero-order valence-electron chi connectivity index (χ0n) is 18.4. The number of ketones is 1. The van der Waals surface area contributed by atoms with Crippen LogP contribution in [0.25, 0.3) is 15.9 Å². The van der Waals surface area contributed by atoms with E-state index in [-0.39, 0.29) is 28.3 Å². The molecule has 4 aromatic rings. The zero-order chi connectivity index (χ0) is 24.9. The van der Waals surface area contributed by atoms with Crippen LogP contribution in [0.1, 0.15) is 56.6 Å². The van der Waals surface area contributed by atoms with E-state index < -0.39 is 23.4 Å². The van der Waals surface area contributed by atoms with Gasteiger partial charge in [-0.15, -0.1) is 11.3 Å². The van der Waals surface area contributed by atoms with Crippen molar-refractivity contribution in [3.05, 3.63) is 73.9 Å². The van der Waals surface area contributed by atoms with Crippen molar-refractivity contribution in [1.82, 2.24) is 19.7 Å². The highest BCUT2D eigenvalue weighted by molar-refractivity contribution is 7.18. The second-order valence-corrected chi connectivity index (χ2v) is 9.46. The average molecular weight is 498 g/mol. The van der Waals surface area contributed by atoms with Gasteiger partial charge in [-0.2, -0.15) is 23.5 Å². The molecule has 1 unspecified atom stereocenters. The first-order valence-electron chi connectivity index (χ1n) is 10.9. The van der Waals surface area contributed by atoms with Gasteiger partial charge >= 0.3 is 6.18 Å². The molecular formula is C24H18F3N5O2S. The molecule has 3 aromatic heterocycles. The van der Waals surface area contributed by atoms with Crippen molar-refractivity contribution < 1.29 is 18.0 Å². The van der Waals surface area contributed by atoms with Crippen molar-refractivity contribution >= 4 is 27.3 Å². The number of nitrogens with one attached hydrogen (secondary N) is 1. The Morgan fingerprint density at radius 3 is 2.80 bits per heavy atom. The molecule has 0 aliphatic heterocycles. The van der Waals surface area contributed by atoms with Crippen molar-refractivity contribution in [2.45, 2.75) is 44.7 Å². The fraction of sp³-hybridized carbons (Fsp3) is 0.292. The van der Waals surface area contributed by atoms with Gasteiger partial charge in [-0.1, -0.05) is 6.07 Å². The fourth-order valence-electron chi connectivity index (χ4n) is 4.44. The third-order valence-corrected chi connectivity index (χ3v) is 7.39. The van der Waals surface area contributed by atoms with Crippen LogP contribution >= 0.6 is 11.3 Å². The van der Waals surface area contributed by atoms with E-state index in [0.717, 1.165) is 48.3 Å². The van der Waals surface area contributed by atoms with Crippen LogP contribution in [0.15, 0.2) is 35.3 Å². The number of carbonyl (C=O) groups excluding carboxylic acids is 1. The van der Waals surface area contributed by atoms with Crippen molar-refractivity contribution in [3.63, 3.8) is 0 Å². The van der Waals surface area contributed by atoms with E-state index in [0.29, 0.717) is 10.2 Å². The summed E-state index contributed by atoms with van der Waals surface area (Å²) in [5, 5.41) is 14.4. The number of rotatable bonds is 4. The Morgan fingerprint density at radius 2 is 2.06 bits per heavy atom. The molecule has 1 atom stereocenters. The molecule has 0 amide bonds. The van der Waals surface area contributed by atoms with E-state index in [4.69, 9.17) is 0 Å². The van der Waals surface area contributed by atoms with Crippen LogP contribution in [0.5, 0.6) is 0 Å². The van der Waals surface area contributed by atoms with Crippen LogP contribution in [0, 0.1) is 18.3 Å². The number of hydrogen-bond donors (Lipinski definition) is 1. The molecule has 35 heavy (non-hydrogen) atoms. The number of hydrogen-bond acceptors (Lipinski definition) is 6.